The Morgan fingerprint density at radius 2 is 2.03 bits per heavy atom. The summed E-state index contributed by atoms with van der Waals surface area (Å²) in [5.41, 5.74) is 1.35. The minimum absolute atomic E-state index is 0.0118. The zero-order valence-electron chi connectivity index (χ0n) is 15.6. The van der Waals surface area contributed by atoms with Crippen molar-refractivity contribution in [3.63, 3.8) is 0 Å². The lowest BCUT2D eigenvalue weighted by atomic mass is 10.1. The van der Waals surface area contributed by atoms with Crippen LogP contribution in [0.25, 0.3) is 11.7 Å². The lowest BCUT2D eigenvalue weighted by Gasteiger charge is -2.12. The molecule has 0 radical (unpaired) electrons. The van der Waals surface area contributed by atoms with E-state index in [0.717, 1.165) is 25.0 Å². The first-order valence-corrected chi connectivity index (χ1v) is 9.38. The van der Waals surface area contributed by atoms with E-state index in [1.165, 1.54) is 6.07 Å². The van der Waals surface area contributed by atoms with Gasteiger partial charge in [0.15, 0.2) is 5.65 Å². The molecule has 0 spiro atoms. The molecule has 0 atom stereocenters. The summed E-state index contributed by atoms with van der Waals surface area (Å²) < 4.78 is 28.9. The quantitative estimate of drug-likeness (QED) is 0.442. The van der Waals surface area contributed by atoms with Gasteiger partial charge in [-0.05, 0) is 31.1 Å². The van der Waals surface area contributed by atoms with E-state index in [0.29, 0.717) is 34.5 Å². The molecule has 2 aliphatic rings. The van der Waals surface area contributed by atoms with Gasteiger partial charge in [0.1, 0.15) is 23.3 Å². The van der Waals surface area contributed by atoms with E-state index < -0.39 is 17.5 Å². The first kappa shape index (κ1) is 18.2. The third-order valence-corrected chi connectivity index (χ3v) is 4.85. The number of imide groups is 1. The molecule has 1 aliphatic heterocycles. The fourth-order valence-electron chi connectivity index (χ4n) is 3.22. The first-order valence-electron chi connectivity index (χ1n) is 9.38. The average Bonchev–Trinajstić information content (AvgIpc) is 3.33. The van der Waals surface area contributed by atoms with E-state index in [1.807, 2.05) is 0 Å². The number of hydrogen-bond donors (Lipinski definition) is 3. The smallest absolute Gasteiger partial charge is 0.254 e. The number of anilines is 3. The van der Waals surface area contributed by atoms with Gasteiger partial charge in [-0.15, -0.1) is 0 Å². The SMILES string of the molecule is O=C1CC(=Cc2cnn3c(NC4CC4)cc(Nc4ccc(F)cc4F)nc23)C(=O)N1. The van der Waals surface area contributed by atoms with Crippen molar-refractivity contribution in [3.8, 4) is 0 Å². The van der Waals surface area contributed by atoms with Gasteiger partial charge in [-0.2, -0.15) is 9.61 Å². The predicted molar refractivity (Wildman–Crippen MR) is 105 cm³/mol. The molecular formula is C20H16F2N6O2. The molecule has 8 nitrogen and oxygen atoms in total. The highest BCUT2D eigenvalue weighted by molar-refractivity contribution is 6.15. The van der Waals surface area contributed by atoms with Gasteiger partial charge in [0.25, 0.3) is 5.91 Å². The molecule has 1 aliphatic carbocycles. The predicted octanol–water partition coefficient (Wildman–Crippen LogP) is 2.76. The Bertz CT molecular complexity index is 1230. The fourth-order valence-corrected chi connectivity index (χ4v) is 3.22. The van der Waals surface area contributed by atoms with Crippen molar-refractivity contribution in [3.05, 3.63) is 53.2 Å². The van der Waals surface area contributed by atoms with Crippen molar-refractivity contribution in [1.82, 2.24) is 19.9 Å². The zero-order valence-corrected chi connectivity index (χ0v) is 15.6. The maximum atomic E-state index is 14.1. The molecule has 152 valence electrons. The van der Waals surface area contributed by atoms with Crippen molar-refractivity contribution >= 4 is 40.9 Å². The Morgan fingerprint density at radius 1 is 1.20 bits per heavy atom. The van der Waals surface area contributed by atoms with Crippen LogP contribution in [0.15, 0.2) is 36.0 Å². The summed E-state index contributed by atoms with van der Waals surface area (Å²) in [6.45, 7) is 0. The summed E-state index contributed by atoms with van der Waals surface area (Å²) in [7, 11) is 0. The van der Waals surface area contributed by atoms with Crippen LogP contribution in [0.1, 0.15) is 24.8 Å². The minimum Gasteiger partial charge on any atom is -0.367 e. The highest BCUT2D eigenvalue weighted by atomic mass is 19.1. The number of amides is 2. The molecule has 3 aromatic rings. The number of carbonyl (C=O) groups excluding carboxylic acids is 2. The number of halogens is 2. The third-order valence-electron chi connectivity index (χ3n) is 4.85. The van der Waals surface area contributed by atoms with Crippen molar-refractivity contribution < 1.29 is 18.4 Å². The number of fused-ring (bicyclic) bond motifs is 1. The monoisotopic (exact) mass is 410 g/mol. The molecular weight excluding hydrogens is 394 g/mol. The van der Waals surface area contributed by atoms with Crippen molar-refractivity contribution in [1.29, 1.82) is 0 Å². The van der Waals surface area contributed by atoms with Gasteiger partial charge >= 0.3 is 0 Å². The second-order valence-corrected chi connectivity index (χ2v) is 7.25. The van der Waals surface area contributed by atoms with Gasteiger partial charge in [0.2, 0.25) is 5.91 Å². The van der Waals surface area contributed by atoms with Crippen LogP contribution >= 0.6 is 0 Å². The second-order valence-electron chi connectivity index (χ2n) is 7.25. The molecule has 1 aromatic carbocycles. The molecule has 0 bridgehead atoms. The third kappa shape index (κ3) is 3.47. The number of nitrogens with zero attached hydrogens (tertiary/aromatic N) is 3. The summed E-state index contributed by atoms with van der Waals surface area (Å²) >= 11 is 0. The standard InChI is InChI=1S/C20H16F2N6O2/c21-12-1-4-15(14(22)7-12)25-16-8-17(24-13-2-3-13)28-19(26-16)11(9-23-28)5-10-6-18(29)27-20(10)30/h1,4-5,7-9,13,24H,2-3,6H2,(H,25,26)(H,27,29,30). The molecule has 30 heavy (non-hydrogen) atoms. The molecule has 3 N–H and O–H groups in total. The molecule has 3 heterocycles. The van der Waals surface area contributed by atoms with E-state index in [2.05, 4.69) is 26.0 Å². The average molecular weight is 410 g/mol. The number of rotatable bonds is 5. The van der Waals surface area contributed by atoms with Crippen molar-refractivity contribution in [2.45, 2.75) is 25.3 Å². The van der Waals surface area contributed by atoms with Crippen LogP contribution in [0.4, 0.5) is 26.1 Å². The highest BCUT2D eigenvalue weighted by Crippen LogP contribution is 2.29. The van der Waals surface area contributed by atoms with Crippen molar-refractivity contribution in [2.75, 3.05) is 10.6 Å². The molecule has 10 heteroatoms. The summed E-state index contributed by atoms with van der Waals surface area (Å²) in [6.07, 6.45) is 5.16. The lowest BCUT2D eigenvalue weighted by Crippen LogP contribution is -2.19. The van der Waals surface area contributed by atoms with Gasteiger partial charge in [-0.25, -0.2) is 13.8 Å². The summed E-state index contributed by atoms with van der Waals surface area (Å²) in [6, 6.07) is 5.23. The number of hydrogen-bond acceptors (Lipinski definition) is 6. The lowest BCUT2D eigenvalue weighted by molar-refractivity contribution is -0.124. The Hall–Kier alpha value is -3.82. The maximum Gasteiger partial charge on any atom is 0.254 e. The number of benzene rings is 1. The normalized spacial score (nSPS) is 17.6. The zero-order chi connectivity index (χ0) is 20.8. The van der Waals surface area contributed by atoms with Crippen molar-refractivity contribution in [2.24, 2.45) is 0 Å². The second kappa shape index (κ2) is 6.90. The van der Waals surface area contributed by atoms with E-state index in [-0.39, 0.29) is 18.0 Å². The Morgan fingerprint density at radius 3 is 2.73 bits per heavy atom. The Balaban J connectivity index is 1.58. The first-order chi connectivity index (χ1) is 14.5. The minimum atomic E-state index is -0.745. The number of carbonyl (C=O) groups is 2. The summed E-state index contributed by atoms with van der Waals surface area (Å²) in [5.74, 6) is -1.26. The van der Waals surface area contributed by atoms with Gasteiger partial charge in [-0.3, -0.25) is 14.9 Å². The van der Waals surface area contributed by atoms with Crippen LogP contribution in [0.3, 0.4) is 0 Å². The van der Waals surface area contributed by atoms with Gasteiger partial charge in [0.05, 0.1) is 18.3 Å². The molecule has 5 rings (SSSR count). The van der Waals surface area contributed by atoms with Crippen LogP contribution in [-0.4, -0.2) is 32.5 Å². The number of aromatic nitrogens is 3. The van der Waals surface area contributed by atoms with Gasteiger partial charge in [0, 0.05) is 29.3 Å². The molecule has 2 amide bonds. The molecule has 1 saturated heterocycles. The van der Waals surface area contributed by atoms with E-state index in [1.54, 1.807) is 22.9 Å². The topological polar surface area (TPSA) is 100 Å². The largest absolute Gasteiger partial charge is 0.367 e. The van der Waals surface area contributed by atoms with Crippen LogP contribution in [-0.2, 0) is 9.59 Å². The van der Waals surface area contributed by atoms with E-state index in [4.69, 9.17) is 0 Å². The maximum absolute atomic E-state index is 14.1. The van der Waals surface area contributed by atoms with Crippen LogP contribution in [0.2, 0.25) is 0 Å². The number of nitrogens with one attached hydrogen (secondary N) is 3. The van der Waals surface area contributed by atoms with E-state index >= 15 is 0 Å². The Labute approximate surface area is 169 Å². The molecule has 2 fully saturated rings. The van der Waals surface area contributed by atoms with E-state index in [9.17, 15) is 18.4 Å². The van der Waals surface area contributed by atoms with Crippen LogP contribution < -0.4 is 16.0 Å². The van der Waals surface area contributed by atoms with Gasteiger partial charge < -0.3 is 10.6 Å². The van der Waals surface area contributed by atoms with Gasteiger partial charge in [-0.1, -0.05) is 0 Å². The van der Waals surface area contributed by atoms with Crippen LogP contribution in [0, 0.1) is 11.6 Å². The molecule has 2 aromatic heterocycles. The molecule has 0 unspecified atom stereocenters. The highest BCUT2D eigenvalue weighted by Gasteiger charge is 2.25. The fraction of sp³-hybridized carbons (Fsp3) is 0.200. The summed E-state index contributed by atoms with van der Waals surface area (Å²) in [5, 5.41) is 12.8. The molecule has 1 saturated carbocycles. The van der Waals surface area contributed by atoms with Crippen LogP contribution in [0.5, 0.6) is 0 Å². The summed E-state index contributed by atoms with van der Waals surface area (Å²) in [4.78, 5) is 27.9. The Kier molecular flexibility index (Phi) is 4.19.